The largest absolute Gasteiger partial charge is 0.440 e. The van der Waals surface area contributed by atoms with E-state index >= 15 is 0 Å². The molecule has 1 N–H and O–H groups in total. The number of nitrogens with zero attached hydrogens (tertiary/aromatic N) is 1. The molecule has 1 amide bonds. The van der Waals surface area contributed by atoms with Gasteiger partial charge in [-0.3, -0.25) is 4.90 Å². The van der Waals surface area contributed by atoms with E-state index in [1.165, 1.54) is 0 Å². The predicted molar refractivity (Wildman–Crippen MR) is 49.8 cm³/mol. The summed E-state index contributed by atoms with van der Waals surface area (Å²) in [5.41, 5.74) is 0. The predicted octanol–water partition coefficient (Wildman–Crippen LogP) is -0.125. The number of carbonyl (C=O) groups is 2. The third-order valence-corrected chi connectivity index (χ3v) is 1.97. The van der Waals surface area contributed by atoms with Gasteiger partial charge >= 0.3 is 12.1 Å². The minimum Gasteiger partial charge on any atom is -0.440 e. The fourth-order valence-electron chi connectivity index (χ4n) is 1.30. The van der Waals surface area contributed by atoms with E-state index in [4.69, 9.17) is 14.6 Å². The van der Waals surface area contributed by atoms with Gasteiger partial charge in [-0.15, -0.1) is 0 Å². The minimum absolute atomic E-state index is 0.0677. The first-order valence-electron chi connectivity index (χ1n) is 4.51. The molecule has 1 heterocycles. The van der Waals surface area contributed by atoms with Gasteiger partial charge in [-0.25, -0.2) is 9.59 Å². The molecule has 2 unspecified atom stereocenters. The van der Waals surface area contributed by atoms with Crippen molar-refractivity contribution in [3.8, 4) is 0 Å². The average Bonchev–Trinajstić information content (AvgIpc) is 2.45. The number of hydrogen-bond acceptors (Lipinski definition) is 5. The van der Waals surface area contributed by atoms with Crippen LogP contribution in [-0.4, -0.2) is 47.6 Å². The zero-order valence-corrected chi connectivity index (χ0v) is 8.38. The van der Waals surface area contributed by atoms with Crippen LogP contribution in [0.15, 0.2) is 12.7 Å². The third kappa shape index (κ3) is 2.47. The van der Waals surface area contributed by atoms with Crippen LogP contribution in [-0.2, 0) is 14.3 Å². The lowest BCUT2D eigenvalue weighted by atomic mass is 10.3. The number of amides is 1. The molecule has 0 aliphatic carbocycles. The highest BCUT2D eigenvalue weighted by Crippen LogP contribution is 2.19. The van der Waals surface area contributed by atoms with Crippen molar-refractivity contribution in [3.05, 3.63) is 12.7 Å². The minimum atomic E-state index is -0.796. The van der Waals surface area contributed by atoms with Crippen LogP contribution in [0.2, 0.25) is 0 Å². The van der Waals surface area contributed by atoms with Crippen molar-refractivity contribution in [2.75, 3.05) is 13.2 Å². The summed E-state index contributed by atoms with van der Waals surface area (Å²) in [5.74, 6) is -0.631. The highest BCUT2D eigenvalue weighted by atomic mass is 16.6. The van der Waals surface area contributed by atoms with Gasteiger partial charge in [0.15, 0.2) is 6.10 Å². The molecule has 0 bridgehead atoms. The van der Waals surface area contributed by atoms with Crippen molar-refractivity contribution in [1.82, 2.24) is 4.90 Å². The second-order valence-electron chi connectivity index (χ2n) is 3.04. The van der Waals surface area contributed by atoms with E-state index < -0.39 is 24.4 Å². The van der Waals surface area contributed by atoms with E-state index in [1.54, 1.807) is 6.92 Å². The number of aliphatic hydroxyl groups excluding tert-OH is 1. The standard InChI is InChI=1S/C9H13NO5/c1-3-7(12)15-8-6(2)14-9(13)10(8)4-5-11/h3,6,8,11H,1,4-5H2,2H3. The first kappa shape index (κ1) is 11.5. The second-order valence-corrected chi connectivity index (χ2v) is 3.04. The Kier molecular flexibility index (Phi) is 3.68. The van der Waals surface area contributed by atoms with Crippen LogP contribution in [0, 0.1) is 0 Å². The molecule has 1 aliphatic rings. The summed E-state index contributed by atoms with van der Waals surface area (Å²) >= 11 is 0. The van der Waals surface area contributed by atoms with Crippen molar-refractivity contribution in [3.63, 3.8) is 0 Å². The van der Waals surface area contributed by atoms with Crippen molar-refractivity contribution < 1.29 is 24.2 Å². The second kappa shape index (κ2) is 4.79. The number of carbonyl (C=O) groups excluding carboxylic acids is 2. The Labute approximate surface area is 87.1 Å². The summed E-state index contributed by atoms with van der Waals surface area (Å²) in [4.78, 5) is 23.4. The van der Waals surface area contributed by atoms with E-state index in [1.807, 2.05) is 0 Å². The molecule has 1 aliphatic heterocycles. The maximum absolute atomic E-state index is 11.2. The molecular formula is C9H13NO5. The summed E-state index contributed by atoms with van der Waals surface area (Å²) in [6.45, 7) is 4.71. The van der Waals surface area contributed by atoms with Gasteiger partial charge in [-0.1, -0.05) is 6.58 Å². The van der Waals surface area contributed by atoms with Crippen LogP contribution in [0.5, 0.6) is 0 Å². The molecule has 0 spiro atoms. The van der Waals surface area contributed by atoms with E-state index in [9.17, 15) is 9.59 Å². The molecule has 0 aromatic carbocycles. The van der Waals surface area contributed by atoms with Gasteiger partial charge in [0, 0.05) is 6.08 Å². The number of hydrogen-bond donors (Lipinski definition) is 1. The van der Waals surface area contributed by atoms with Gasteiger partial charge < -0.3 is 14.6 Å². The summed E-state index contributed by atoms with van der Waals surface area (Å²) in [6.07, 6.45) is -0.936. The normalized spacial score (nSPS) is 24.9. The van der Waals surface area contributed by atoms with E-state index in [2.05, 4.69) is 6.58 Å². The number of β-amino-alcohol motifs (C(OH)–C–C–N with tert-alkyl or cyclic N) is 1. The van der Waals surface area contributed by atoms with Crippen LogP contribution >= 0.6 is 0 Å². The first-order valence-corrected chi connectivity index (χ1v) is 4.51. The van der Waals surface area contributed by atoms with Crippen molar-refractivity contribution in [2.45, 2.75) is 19.3 Å². The Hall–Kier alpha value is -1.56. The van der Waals surface area contributed by atoms with Crippen LogP contribution in [0.25, 0.3) is 0 Å². The molecule has 1 fully saturated rings. The first-order chi connectivity index (χ1) is 7.10. The van der Waals surface area contributed by atoms with Gasteiger partial charge in [0.1, 0.15) is 0 Å². The molecule has 0 radical (unpaired) electrons. The van der Waals surface area contributed by atoms with E-state index in [0.717, 1.165) is 11.0 Å². The van der Waals surface area contributed by atoms with Crippen LogP contribution < -0.4 is 0 Å². The number of esters is 1. The fraction of sp³-hybridized carbons (Fsp3) is 0.556. The van der Waals surface area contributed by atoms with Crippen LogP contribution in [0.4, 0.5) is 4.79 Å². The fourth-order valence-corrected chi connectivity index (χ4v) is 1.30. The lowest BCUT2D eigenvalue weighted by molar-refractivity contribution is -0.152. The Morgan fingerprint density at radius 2 is 2.47 bits per heavy atom. The Morgan fingerprint density at radius 1 is 1.80 bits per heavy atom. The lowest BCUT2D eigenvalue weighted by Crippen LogP contribution is -2.40. The van der Waals surface area contributed by atoms with E-state index in [0.29, 0.717) is 0 Å². The molecule has 0 saturated carbocycles. The Morgan fingerprint density at radius 3 is 3.00 bits per heavy atom. The molecule has 0 aromatic rings. The van der Waals surface area contributed by atoms with Gasteiger partial charge in [-0.05, 0) is 6.92 Å². The average molecular weight is 215 g/mol. The van der Waals surface area contributed by atoms with Gasteiger partial charge in [0.2, 0.25) is 6.23 Å². The molecule has 2 atom stereocenters. The van der Waals surface area contributed by atoms with Gasteiger partial charge in [0.05, 0.1) is 13.2 Å². The van der Waals surface area contributed by atoms with Crippen molar-refractivity contribution in [1.29, 1.82) is 0 Å². The molecule has 6 heteroatoms. The summed E-state index contributed by atoms with van der Waals surface area (Å²) in [5, 5.41) is 8.73. The highest BCUT2D eigenvalue weighted by Gasteiger charge is 2.41. The summed E-state index contributed by atoms with van der Waals surface area (Å²) in [6, 6.07) is 0. The van der Waals surface area contributed by atoms with Gasteiger partial charge in [-0.2, -0.15) is 0 Å². The lowest BCUT2D eigenvalue weighted by Gasteiger charge is -2.21. The maximum Gasteiger partial charge on any atom is 0.413 e. The molecule has 84 valence electrons. The number of ether oxygens (including phenoxy) is 2. The Bertz CT molecular complexity index is 278. The van der Waals surface area contributed by atoms with Crippen LogP contribution in [0.3, 0.4) is 0 Å². The monoisotopic (exact) mass is 215 g/mol. The van der Waals surface area contributed by atoms with Crippen LogP contribution in [0.1, 0.15) is 6.92 Å². The zero-order chi connectivity index (χ0) is 11.4. The van der Waals surface area contributed by atoms with Crippen molar-refractivity contribution >= 4 is 12.1 Å². The highest BCUT2D eigenvalue weighted by molar-refractivity contribution is 5.82. The number of rotatable bonds is 4. The summed E-state index contributed by atoms with van der Waals surface area (Å²) in [7, 11) is 0. The molecule has 15 heavy (non-hydrogen) atoms. The van der Waals surface area contributed by atoms with E-state index in [-0.39, 0.29) is 13.2 Å². The topological polar surface area (TPSA) is 76.1 Å². The Balaban J connectivity index is 2.69. The number of aliphatic hydroxyl groups is 1. The zero-order valence-electron chi connectivity index (χ0n) is 8.38. The third-order valence-electron chi connectivity index (χ3n) is 1.97. The molecule has 1 rings (SSSR count). The smallest absolute Gasteiger partial charge is 0.413 e. The SMILES string of the molecule is C=CC(=O)OC1C(C)OC(=O)N1CCO. The maximum atomic E-state index is 11.2. The quantitative estimate of drug-likeness (QED) is 0.522. The summed E-state index contributed by atoms with van der Waals surface area (Å²) < 4.78 is 9.77. The molecular weight excluding hydrogens is 202 g/mol. The molecule has 6 nitrogen and oxygen atoms in total. The molecule has 0 aromatic heterocycles. The number of cyclic esters (lactones) is 1. The van der Waals surface area contributed by atoms with Gasteiger partial charge in [0.25, 0.3) is 0 Å². The van der Waals surface area contributed by atoms with Crippen molar-refractivity contribution in [2.24, 2.45) is 0 Å². The molecule has 1 saturated heterocycles.